The Morgan fingerprint density at radius 2 is 1.77 bits per heavy atom. The second-order valence-corrected chi connectivity index (χ2v) is 10.2. The van der Waals surface area contributed by atoms with Gasteiger partial charge in [0, 0.05) is 45.8 Å². The zero-order chi connectivity index (χ0) is 27.0. The van der Waals surface area contributed by atoms with Crippen molar-refractivity contribution in [3.63, 3.8) is 0 Å². The number of H-pyrrole nitrogens is 1. The number of amides is 1. The van der Waals surface area contributed by atoms with Gasteiger partial charge in [-0.1, -0.05) is 36.1 Å². The summed E-state index contributed by atoms with van der Waals surface area (Å²) >= 11 is 1.66. The van der Waals surface area contributed by atoms with Crippen LogP contribution >= 0.6 is 11.8 Å². The van der Waals surface area contributed by atoms with Gasteiger partial charge in [-0.2, -0.15) is 5.10 Å². The smallest absolute Gasteiger partial charge is 0.251 e. The van der Waals surface area contributed by atoms with Crippen LogP contribution in [0.25, 0.3) is 10.8 Å². The normalized spacial score (nSPS) is 10.7. The van der Waals surface area contributed by atoms with E-state index in [1.54, 1.807) is 30.1 Å². The molecule has 0 spiro atoms. The monoisotopic (exact) mass is 534 g/mol. The van der Waals surface area contributed by atoms with E-state index in [0.29, 0.717) is 17.7 Å². The summed E-state index contributed by atoms with van der Waals surface area (Å²) < 4.78 is 13.3. The lowest BCUT2D eigenvalue weighted by molar-refractivity contribution is 0.0953. The number of aromatic nitrogens is 2. The zero-order valence-corrected chi connectivity index (χ0v) is 22.0. The van der Waals surface area contributed by atoms with Crippen molar-refractivity contribution in [2.45, 2.75) is 23.5 Å². The Morgan fingerprint density at radius 1 is 0.949 bits per heavy atom. The fourth-order valence-electron chi connectivity index (χ4n) is 4.14. The van der Waals surface area contributed by atoms with Gasteiger partial charge in [-0.25, -0.2) is 4.39 Å². The molecule has 0 aliphatic heterocycles. The van der Waals surface area contributed by atoms with Crippen LogP contribution in [0.2, 0.25) is 0 Å². The van der Waals surface area contributed by atoms with Crippen molar-refractivity contribution in [3.8, 4) is 11.8 Å². The molecule has 5 nitrogen and oxygen atoms in total. The van der Waals surface area contributed by atoms with Gasteiger partial charge in [0.25, 0.3) is 5.91 Å². The summed E-state index contributed by atoms with van der Waals surface area (Å²) in [6.45, 7) is 0.560. The molecule has 4 N–H and O–H groups in total. The van der Waals surface area contributed by atoms with E-state index >= 15 is 0 Å². The summed E-state index contributed by atoms with van der Waals surface area (Å²) in [6, 6.07) is 23.9. The molecular weight excluding hydrogens is 507 g/mol. The van der Waals surface area contributed by atoms with E-state index in [1.807, 2.05) is 42.6 Å². The average molecular weight is 535 g/mol. The number of nitrogens with zero attached hydrogens (tertiary/aromatic N) is 1. The molecule has 7 heteroatoms. The van der Waals surface area contributed by atoms with Gasteiger partial charge in [-0.15, -0.1) is 11.8 Å². The quantitative estimate of drug-likeness (QED) is 0.0939. The number of halogens is 1. The van der Waals surface area contributed by atoms with Gasteiger partial charge in [0.1, 0.15) is 5.82 Å². The third-order valence-corrected chi connectivity index (χ3v) is 7.38. The van der Waals surface area contributed by atoms with Gasteiger partial charge < -0.3 is 11.1 Å². The Hall–Kier alpha value is -4.54. The molecule has 5 rings (SSSR count). The lowest BCUT2D eigenvalue weighted by Crippen LogP contribution is -2.24. The molecule has 1 amide bonds. The minimum absolute atomic E-state index is 0.141. The largest absolute Gasteiger partial charge is 0.399 e. The highest BCUT2D eigenvalue weighted by atomic mass is 32.2. The van der Waals surface area contributed by atoms with Crippen LogP contribution < -0.4 is 11.1 Å². The molecule has 1 heterocycles. The van der Waals surface area contributed by atoms with E-state index in [4.69, 9.17) is 5.73 Å². The summed E-state index contributed by atoms with van der Waals surface area (Å²) in [5, 5.41) is 12.0. The third kappa shape index (κ3) is 7.07. The van der Waals surface area contributed by atoms with E-state index in [-0.39, 0.29) is 11.7 Å². The van der Waals surface area contributed by atoms with Gasteiger partial charge in [-0.05, 0) is 89.3 Å². The van der Waals surface area contributed by atoms with E-state index < -0.39 is 0 Å². The van der Waals surface area contributed by atoms with Crippen molar-refractivity contribution in [1.29, 1.82) is 0 Å². The first-order valence-corrected chi connectivity index (χ1v) is 13.6. The molecule has 39 heavy (non-hydrogen) atoms. The summed E-state index contributed by atoms with van der Waals surface area (Å²) in [4.78, 5) is 13.8. The third-order valence-electron chi connectivity index (χ3n) is 6.23. The van der Waals surface area contributed by atoms with Crippen molar-refractivity contribution in [1.82, 2.24) is 15.5 Å². The molecule has 0 atom stereocenters. The summed E-state index contributed by atoms with van der Waals surface area (Å²) in [5.41, 5.74) is 11.0. The number of aromatic amines is 1. The maximum Gasteiger partial charge on any atom is 0.251 e. The van der Waals surface area contributed by atoms with Crippen molar-refractivity contribution in [2.24, 2.45) is 0 Å². The maximum atomic E-state index is 13.3. The van der Waals surface area contributed by atoms with E-state index in [9.17, 15) is 9.18 Å². The van der Waals surface area contributed by atoms with Crippen LogP contribution in [0, 0.1) is 17.7 Å². The minimum Gasteiger partial charge on any atom is -0.399 e. The minimum atomic E-state index is -0.304. The number of aryl methyl sites for hydroxylation is 1. The molecule has 0 bridgehead atoms. The summed E-state index contributed by atoms with van der Waals surface area (Å²) in [5.74, 6) is 6.61. The van der Waals surface area contributed by atoms with E-state index in [1.165, 1.54) is 17.7 Å². The highest BCUT2D eigenvalue weighted by Crippen LogP contribution is 2.29. The fraction of sp³-hybridized carbons (Fsp3) is 0.125. The molecule has 4 aromatic carbocycles. The first-order chi connectivity index (χ1) is 19.0. The van der Waals surface area contributed by atoms with Crippen LogP contribution in [0.15, 0.2) is 96.2 Å². The molecule has 194 valence electrons. The number of anilines is 1. The highest BCUT2D eigenvalue weighted by Gasteiger charge is 2.10. The van der Waals surface area contributed by atoms with E-state index in [2.05, 4.69) is 45.6 Å². The first-order valence-electron chi connectivity index (χ1n) is 12.6. The zero-order valence-electron chi connectivity index (χ0n) is 21.2. The highest BCUT2D eigenvalue weighted by molar-refractivity contribution is 7.98. The van der Waals surface area contributed by atoms with Crippen molar-refractivity contribution >= 4 is 34.1 Å². The predicted octanol–water partition coefficient (Wildman–Crippen LogP) is 6.34. The van der Waals surface area contributed by atoms with Crippen molar-refractivity contribution < 1.29 is 9.18 Å². The second kappa shape index (κ2) is 12.3. The van der Waals surface area contributed by atoms with Crippen LogP contribution in [-0.4, -0.2) is 22.6 Å². The molecule has 0 unspecified atom stereocenters. The second-order valence-electron chi connectivity index (χ2n) is 9.16. The summed E-state index contributed by atoms with van der Waals surface area (Å²) in [6.07, 6.45) is 5.30. The Bertz CT molecular complexity index is 1650. The molecule has 1 aromatic heterocycles. The molecule has 5 aromatic rings. The first kappa shape index (κ1) is 26.1. The Labute approximate surface area is 231 Å². The number of fused-ring (bicyclic) bond motifs is 1. The van der Waals surface area contributed by atoms with Gasteiger partial charge >= 0.3 is 0 Å². The van der Waals surface area contributed by atoms with Crippen LogP contribution in [0.3, 0.4) is 0 Å². The molecule has 0 radical (unpaired) electrons. The fourth-order valence-corrected chi connectivity index (χ4v) is 5.07. The number of carbonyl (C=O) groups excluding carboxylic acids is 1. The topological polar surface area (TPSA) is 83.8 Å². The number of nitrogens with two attached hydrogens (primary N) is 1. The van der Waals surface area contributed by atoms with Crippen LogP contribution in [0.4, 0.5) is 10.1 Å². The number of nitrogen functional groups attached to an aromatic ring is 1. The molecular formula is C32H27FN4OS. The van der Waals surface area contributed by atoms with E-state index in [0.717, 1.165) is 51.1 Å². The molecule has 0 aliphatic carbocycles. The van der Waals surface area contributed by atoms with Gasteiger partial charge in [0.2, 0.25) is 0 Å². The van der Waals surface area contributed by atoms with Crippen molar-refractivity contribution in [2.75, 3.05) is 12.3 Å². The van der Waals surface area contributed by atoms with Gasteiger partial charge in [0.15, 0.2) is 0 Å². The number of rotatable bonds is 8. The molecule has 0 saturated heterocycles. The molecule has 0 fully saturated rings. The molecule has 0 aliphatic rings. The Kier molecular flexibility index (Phi) is 8.25. The predicted molar refractivity (Wildman–Crippen MR) is 156 cm³/mol. The maximum absolute atomic E-state index is 13.3. The standard InChI is InChI=1S/C32H27FN4OS/c33-29-11-5-22(6-12-29)3-8-27-17-28(32(38)35-15-1-2-24-19-36-37-20-24)10-14-31(27)39-21-23-4-7-26-18-30(34)13-9-25(26)16-23/h4-7,9-14,16-20H,1-2,15,21,34H2,(H,35,38)(H,36,37). The van der Waals surface area contributed by atoms with Crippen LogP contribution in [-0.2, 0) is 12.2 Å². The van der Waals surface area contributed by atoms with Crippen LogP contribution in [0.5, 0.6) is 0 Å². The molecule has 0 saturated carbocycles. The summed E-state index contributed by atoms with van der Waals surface area (Å²) in [7, 11) is 0. The number of thioether (sulfide) groups is 1. The lowest BCUT2D eigenvalue weighted by Gasteiger charge is -2.10. The van der Waals surface area contributed by atoms with Gasteiger partial charge in [-0.3, -0.25) is 9.89 Å². The number of benzene rings is 4. The number of hydrogen-bond acceptors (Lipinski definition) is 4. The van der Waals surface area contributed by atoms with Gasteiger partial charge in [0.05, 0.1) is 6.20 Å². The van der Waals surface area contributed by atoms with Crippen LogP contribution in [0.1, 0.15) is 39.0 Å². The average Bonchev–Trinajstić information content (AvgIpc) is 3.47. The number of nitrogens with one attached hydrogen (secondary N) is 2. The lowest BCUT2D eigenvalue weighted by atomic mass is 10.1. The number of carbonyl (C=O) groups is 1. The Balaban J connectivity index is 1.32. The Morgan fingerprint density at radius 3 is 2.59 bits per heavy atom. The SMILES string of the molecule is Nc1ccc2cc(CSc3ccc(C(=O)NCCCc4cn[nH]c4)cc3C#Cc3ccc(F)cc3)ccc2c1. The number of hydrogen-bond donors (Lipinski definition) is 3. The van der Waals surface area contributed by atoms with Crippen molar-refractivity contribution in [3.05, 3.63) is 125 Å².